The molecule has 1 aromatic carbocycles. The minimum absolute atomic E-state index is 0.0692. The van der Waals surface area contributed by atoms with Gasteiger partial charge in [0.1, 0.15) is 24.0 Å². The van der Waals surface area contributed by atoms with E-state index < -0.39 is 136 Å². The first-order chi connectivity index (χ1) is 28.6. The maximum absolute atomic E-state index is 16.5. The van der Waals surface area contributed by atoms with E-state index in [1.807, 2.05) is 16.9 Å². The van der Waals surface area contributed by atoms with Gasteiger partial charge in [-0.2, -0.15) is 8.78 Å². The maximum atomic E-state index is 16.5. The number of amides is 3. The number of hydrogen-bond acceptors (Lipinski definition) is 11. The number of Topliss-reactive ketones (excluding diaryl/α,β-unsaturated/α-hetero) is 1. The van der Waals surface area contributed by atoms with E-state index in [1.54, 1.807) is 26.8 Å². The molecule has 0 unspecified atom stereocenters. The number of sulfonamides is 1. The minimum Gasteiger partial charge on any atom is -0.497 e. The zero-order valence-electron chi connectivity index (χ0n) is 34.8. The smallest absolute Gasteiger partial charge is 0.408 e. The van der Waals surface area contributed by atoms with E-state index >= 15 is 8.78 Å². The van der Waals surface area contributed by atoms with Gasteiger partial charge >= 0.3 is 6.09 Å². The minimum atomic E-state index is -4.18. The highest BCUT2D eigenvalue weighted by Crippen LogP contribution is 2.59. The lowest BCUT2D eigenvalue weighted by Gasteiger charge is -2.36. The summed E-state index contributed by atoms with van der Waals surface area (Å²) in [5, 5.41) is 1.86. The number of carbonyl (C=O) groups is 4. The molecule has 7 rings (SSSR count). The molecule has 3 amide bonds. The predicted molar refractivity (Wildman–Crippen MR) is 212 cm³/mol. The number of carbonyl (C=O) groups excluding carboxylic acids is 4. The van der Waals surface area contributed by atoms with Crippen molar-refractivity contribution in [2.75, 3.05) is 13.7 Å². The van der Waals surface area contributed by atoms with Crippen molar-refractivity contribution in [2.45, 2.75) is 134 Å². The monoisotopic (exact) mass is 879 g/mol. The van der Waals surface area contributed by atoms with Gasteiger partial charge in [-0.15, -0.1) is 0 Å². The first-order valence-corrected chi connectivity index (χ1v) is 22.4. The summed E-state index contributed by atoms with van der Waals surface area (Å²) in [6.07, 6.45) is -1.40. The molecule has 1 aromatic heterocycles. The number of allylic oxidation sites excluding steroid dienone is 1. The van der Waals surface area contributed by atoms with E-state index in [9.17, 15) is 36.4 Å². The highest BCUT2D eigenvalue weighted by atomic mass is 32.2. The number of alkyl carbamates (subject to hydrolysis) is 1. The summed E-state index contributed by atoms with van der Waals surface area (Å²) >= 11 is 0. The molecule has 2 N–H and O–H groups in total. The van der Waals surface area contributed by atoms with Gasteiger partial charge in [-0.25, -0.2) is 32.0 Å². The topological polar surface area (TPSA) is 183 Å². The van der Waals surface area contributed by atoms with E-state index in [1.165, 1.54) is 26.2 Å². The maximum Gasteiger partial charge on any atom is 0.408 e. The third-order valence-corrected chi connectivity index (χ3v) is 14.6. The zero-order valence-corrected chi connectivity index (χ0v) is 35.6. The van der Waals surface area contributed by atoms with Crippen LogP contribution in [-0.4, -0.2) is 96.6 Å². The van der Waals surface area contributed by atoms with E-state index in [-0.39, 0.29) is 23.4 Å². The fourth-order valence-electron chi connectivity index (χ4n) is 8.97. The summed E-state index contributed by atoms with van der Waals surface area (Å²) < 4.78 is 107. The van der Waals surface area contributed by atoms with Crippen LogP contribution in [-0.2, 0) is 35.1 Å². The molecule has 2 aromatic rings. The molecule has 334 valence electrons. The van der Waals surface area contributed by atoms with Crippen molar-refractivity contribution in [3.8, 4) is 11.6 Å². The van der Waals surface area contributed by atoms with Crippen LogP contribution in [0, 0.1) is 28.6 Å². The number of methoxy groups -OCH3 is 1. The lowest BCUT2D eigenvalue weighted by molar-refractivity contribution is -0.143. The first-order valence-electron chi connectivity index (χ1n) is 20.9. The number of hydrogen-bond donors (Lipinski definition) is 2. The van der Waals surface area contributed by atoms with Gasteiger partial charge in [0.2, 0.25) is 34.1 Å². The van der Waals surface area contributed by atoms with Gasteiger partial charge in [0.05, 0.1) is 41.4 Å². The third kappa shape index (κ3) is 9.17. The Labute approximate surface area is 352 Å². The van der Waals surface area contributed by atoms with Gasteiger partial charge in [0.25, 0.3) is 5.92 Å². The largest absolute Gasteiger partial charge is 0.497 e. The van der Waals surface area contributed by atoms with E-state index in [2.05, 4.69) is 15.3 Å². The molecule has 8 atom stereocenters. The van der Waals surface area contributed by atoms with Gasteiger partial charge in [-0.3, -0.25) is 19.1 Å². The SMILES string of the molecule is COc1ccc2nc3c(nc2c1)O[C@H]1CN(C(=O)[C@H](C(C)(C)C)NC(=O)O[C@@H]2CCC=C[C@H]2CCCCC3(F)F)[C@H](C(=O)C[C@]2(C(=O)NS(=O)(=O)C3CC3)C[C@H]2C(F)F)[C@@H]1C. The quantitative estimate of drug-likeness (QED) is 0.227. The summed E-state index contributed by atoms with van der Waals surface area (Å²) in [7, 11) is -2.76. The van der Waals surface area contributed by atoms with Crippen LogP contribution in [0.2, 0.25) is 0 Å². The summed E-state index contributed by atoms with van der Waals surface area (Å²) in [5.74, 6) is -9.58. The fourth-order valence-corrected chi connectivity index (χ4v) is 10.4. The molecule has 0 spiro atoms. The molecule has 1 saturated heterocycles. The molecule has 61 heavy (non-hydrogen) atoms. The van der Waals surface area contributed by atoms with Crippen molar-refractivity contribution < 1.29 is 59.4 Å². The van der Waals surface area contributed by atoms with Gasteiger partial charge in [0, 0.05) is 36.7 Å². The molecule has 5 aliphatic rings. The number of fused-ring (bicyclic) bond motifs is 5. The molecular formula is C42H53F4N5O9S. The van der Waals surface area contributed by atoms with Crippen LogP contribution in [0.4, 0.5) is 22.4 Å². The molecular weight excluding hydrogens is 827 g/mol. The van der Waals surface area contributed by atoms with Crippen LogP contribution in [0.1, 0.15) is 97.6 Å². The van der Waals surface area contributed by atoms with E-state index in [0.717, 1.165) is 4.90 Å². The molecule has 3 aliphatic carbocycles. The number of aromatic nitrogens is 2. The predicted octanol–water partition coefficient (Wildman–Crippen LogP) is 6.21. The summed E-state index contributed by atoms with van der Waals surface area (Å²) in [6, 6.07) is 1.69. The first kappa shape index (κ1) is 44.5. The van der Waals surface area contributed by atoms with Gasteiger partial charge in [-0.1, -0.05) is 46.3 Å². The lowest BCUT2D eigenvalue weighted by atomic mass is 9.84. The second-order valence-electron chi connectivity index (χ2n) is 18.3. The molecule has 2 bridgehead atoms. The Morgan fingerprint density at radius 1 is 1.05 bits per heavy atom. The molecule has 14 nitrogen and oxygen atoms in total. The highest BCUT2D eigenvalue weighted by molar-refractivity contribution is 7.90. The number of rotatable bonds is 8. The van der Waals surface area contributed by atoms with Crippen LogP contribution in [0.25, 0.3) is 11.0 Å². The van der Waals surface area contributed by atoms with Crippen molar-refractivity contribution in [3.05, 3.63) is 36.0 Å². The molecule has 3 heterocycles. The van der Waals surface area contributed by atoms with Gasteiger partial charge in [0.15, 0.2) is 11.5 Å². The van der Waals surface area contributed by atoms with Crippen LogP contribution < -0.4 is 19.5 Å². The normalized spacial score (nSPS) is 30.9. The molecule has 0 radical (unpaired) electrons. The van der Waals surface area contributed by atoms with Crippen molar-refractivity contribution in [3.63, 3.8) is 0 Å². The van der Waals surface area contributed by atoms with Crippen LogP contribution in [0.15, 0.2) is 30.4 Å². The average Bonchev–Trinajstić information content (AvgIpc) is 4.12. The van der Waals surface area contributed by atoms with Gasteiger partial charge < -0.3 is 24.4 Å². The molecule has 3 fully saturated rings. The zero-order chi connectivity index (χ0) is 44.2. The van der Waals surface area contributed by atoms with Crippen molar-refractivity contribution >= 4 is 44.7 Å². The number of benzene rings is 1. The van der Waals surface area contributed by atoms with Crippen molar-refractivity contribution in [1.82, 2.24) is 24.9 Å². The van der Waals surface area contributed by atoms with Crippen molar-refractivity contribution in [2.24, 2.45) is 28.6 Å². The molecule has 2 aliphatic heterocycles. The van der Waals surface area contributed by atoms with Gasteiger partial charge in [-0.05, 0) is 62.5 Å². The average molecular weight is 880 g/mol. The highest BCUT2D eigenvalue weighted by Gasteiger charge is 2.66. The molecule has 2 saturated carbocycles. The number of halogens is 4. The Balaban J connectivity index is 1.30. The Morgan fingerprint density at radius 3 is 2.44 bits per heavy atom. The summed E-state index contributed by atoms with van der Waals surface area (Å²) in [4.78, 5) is 66.7. The summed E-state index contributed by atoms with van der Waals surface area (Å²) in [6.45, 7) is 6.16. The standard InChI is InChI=1S/C42H53F4N5O9S/c1-22-31-21-51(32(22)29(52)20-41(19-26(41)35(43)44)38(54)50-61(56,57)25-14-15-25)37(53)34(40(2,3)4)49-39(55)60-30-12-7-6-10-23(30)11-8-9-17-42(45,46)33-36(59-31)48-28-18-24(58-5)13-16-27(28)47-33/h6,10,13,16,18,22-23,25-26,30-32,34-35H,7-9,11-12,14-15,17,19-21H2,1-5H3,(H,49,55)(H,50,54)/t22-,23+,26+,30-,31+,32+,34-,41-/m1/s1. The Kier molecular flexibility index (Phi) is 12.1. The fraction of sp³-hybridized carbons (Fsp3) is 0.667. The van der Waals surface area contributed by atoms with Crippen LogP contribution in [0.5, 0.6) is 11.6 Å². The number of nitrogens with one attached hydrogen (secondary N) is 2. The second-order valence-corrected chi connectivity index (χ2v) is 20.3. The Morgan fingerprint density at radius 2 is 1.79 bits per heavy atom. The lowest BCUT2D eigenvalue weighted by Crippen LogP contribution is -2.58. The number of nitrogens with zero attached hydrogens (tertiary/aromatic N) is 3. The second kappa shape index (κ2) is 16.6. The number of ether oxygens (including phenoxy) is 3. The number of alkyl halides is 4. The van der Waals surface area contributed by atoms with Crippen LogP contribution >= 0.6 is 0 Å². The Hall–Kier alpha value is -4.55. The number of ketones is 1. The van der Waals surface area contributed by atoms with Crippen LogP contribution in [0.3, 0.4) is 0 Å². The van der Waals surface area contributed by atoms with E-state index in [0.29, 0.717) is 44.3 Å². The Bertz CT molecular complexity index is 2200. The van der Waals surface area contributed by atoms with Crippen molar-refractivity contribution in [1.29, 1.82) is 0 Å². The van der Waals surface area contributed by atoms with E-state index in [4.69, 9.17) is 14.2 Å². The molecule has 19 heteroatoms. The third-order valence-electron chi connectivity index (χ3n) is 12.8. The summed E-state index contributed by atoms with van der Waals surface area (Å²) in [5.41, 5.74) is -3.56.